The molecule has 0 bridgehead atoms. The summed E-state index contributed by atoms with van der Waals surface area (Å²) in [4.78, 5) is 20.3. The Hall–Kier alpha value is -2.52. The lowest BCUT2D eigenvalue weighted by atomic mass is 9.97. The molecule has 0 unspecified atom stereocenters. The van der Waals surface area contributed by atoms with Crippen LogP contribution in [0.5, 0.6) is 0 Å². The van der Waals surface area contributed by atoms with Crippen LogP contribution in [0.3, 0.4) is 0 Å². The molecular formula is C16H19N5O3S. The third kappa shape index (κ3) is 3.94. The lowest BCUT2D eigenvalue weighted by Crippen LogP contribution is -2.41. The summed E-state index contributed by atoms with van der Waals surface area (Å²) in [5, 5.41) is 2.79. The van der Waals surface area contributed by atoms with Gasteiger partial charge in [-0.25, -0.2) is 13.4 Å². The van der Waals surface area contributed by atoms with E-state index in [4.69, 9.17) is 5.73 Å². The van der Waals surface area contributed by atoms with Crippen LogP contribution in [0, 0.1) is 5.92 Å². The normalized spacial score (nSPS) is 16.5. The highest BCUT2D eigenvalue weighted by Crippen LogP contribution is 2.24. The molecule has 0 atom stereocenters. The summed E-state index contributed by atoms with van der Waals surface area (Å²) in [6.07, 6.45) is 5.29. The van der Waals surface area contributed by atoms with E-state index in [2.05, 4.69) is 15.3 Å². The van der Waals surface area contributed by atoms with Crippen molar-refractivity contribution >= 4 is 27.4 Å². The number of nitrogens with zero attached hydrogens (tertiary/aromatic N) is 3. The van der Waals surface area contributed by atoms with Crippen LogP contribution in [0.15, 0.2) is 47.8 Å². The molecule has 8 nitrogen and oxygen atoms in total. The van der Waals surface area contributed by atoms with Crippen molar-refractivity contribution in [3.63, 3.8) is 0 Å². The van der Waals surface area contributed by atoms with Gasteiger partial charge in [0.05, 0.1) is 11.9 Å². The second kappa shape index (κ2) is 7.16. The predicted octanol–water partition coefficient (Wildman–Crippen LogP) is 1.10. The number of anilines is 2. The molecule has 0 aliphatic carbocycles. The summed E-state index contributed by atoms with van der Waals surface area (Å²) in [5.74, 6) is 0.00909. The van der Waals surface area contributed by atoms with Gasteiger partial charge in [-0.2, -0.15) is 4.31 Å². The number of nitrogens with one attached hydrogen (secondary N) is 1. The minimum absolute atomic E-state index is 0.134. The number of hydrogen-bond donors (Lipinski definition) is 2. The summed E-state index contributed by atoms with van der Waals surface area (Å²) in [6, 6.07) is 6.41. The largest absolute Gasteiger partial charge is 0.384 e. The number of carbonyl (C=O) groups excluding carboxylic acids is 1. The van der Waals surface area contributed by atoms with Crippen LogP contribution < -0.4 is 11.1 Å². The number of nitrogens with two attached hydrogens (primary N) is 1. The van der Waals surface area contributed by atoms with E-state index in [0.29, 0.717) is 37.4 Å². The number of rotatable bonds is 4. The Balaban J connectivity index is 1.60. The second-order valence-corrected chi connectivity index (χ2v) is 7.77. The summed E-state index contributed by atoms with van der Waals surface area (Å²) in [7, 11) is -3.56. The van der Waals surface area contributed by atoms with Gasteiger partial charge in [-0.05, 0) is 37.1 Å². The minimum Gasteiger partial charge on any atom is -0.384 e. The molecular weight excluding hydrogens is 342 g/mol. The zero-order valence-corrected chi connectivity index (χ0v) is 14.3. The Morgan fingerprint density at radius 1 is 1.20 bits per heavy atom. The van der Waals surface area contributed by atoms with Crippen LogP contribution in [-0.2, 0) is 14.8 Å². The van der Waals surface area contributed by atoms with Gasteiger partial charge in [0.15, 0.2) is 0 Å². The molecule has 132 valence electrons. The monoisotopic (exact) mass is 361 g/mol. The average Bonchev–Trinajstić information content (AvgIpc) is 2.64. The number of nitrogen functional groups attached to an aromatic ring is 1. The summed E-state index contributed by atoms with van der Waals surface area (Å²) in [5.41, 5.74) is 6.09. The molecule has 3 heterocycles. The molecule has 0 radical (unpaired) electrons. The zero-order valence-electron chi connectivity index (χ0n) is 13.5. The van der Waals surface area contributed by atoms with Crippen molar-refractivity contribution < 1.29 is 13.2 Å². The zero-order chi connectivity index (χ0) is 17.9. The Bertz CT molecular complexity index is 832. The number of carbonyl (C=O) groups is 1. The number of piperidine rings is 1. The number of hydrogen-bond acceptors (Lipinski definition) is 6. The number of pyridine rings is 2. The van der Waals surface area contributed by atoms with Crippen molar-refractivity contribution in [2.24, 2.45) is 5.92 Å². The molecule has 1 fully saturated rings. The highest BCUT2D eigenvalue weighted by Gasteiger charge is 2.32. The van der Waals surface area contributed by atoms with Crippen molar-refractivity contribution in [2.75, 3.05) is 24.1 Å². The Kier molecular flexibility index (Phi) is 4.95. The van der Waals surface area contributed by atoms with E-state index >= 15 is 0 Å². The third-order valence-electron chi connectivity index (χ3n) is 4.15. The predicted molar refractivity (Wildman–Crippen MR) is 93.0 cm³/mol. The van der Waals surface area contributed by atoms with E-state index in [0.717, 1.165) is 0 Å². The average molecular weight is 361 g/mol. The van der Waals surface area contributed by atoms with Crippen LogP contribution in [0.25, 0.3) is 0 Å². The van der Waals surface area contributed by atoms with Crippen LogP contribution in [0.1, 0.15) is 12.8 Å². The molecule has 1 aliphatic heterocycles. The van der Waals surface area contributed by atoms with E-state index in [9.17, 15) is 13.2 Å². The Morgan fingerprint density at radius 2 is 1.96 bits per heavy atom. The fourth-order valence-corrected chi connectivity index (χ4v) is 4.16. The van der Waals surface area contributed by atoms with E-state index in [1.807, 2.05) is 0 Å². The maximum atomic E-state index is 12.6. The number of aromatic nitrogens is 2. The van der Waals surface area contributed by atoms with Crippen LogP contribution in [-0.4, -0.2) is 41.7 Å². The SMILES string of the molecule is Nc1ccc(NC(=O)C2CCN(S(=O)(=O)c3cccnc3)CC2)cn1. The Labute approximate surface area is 146 Å². The lowest BCUT2D eigenvalue weighted by Gasteiger charge is -2.30. The fourth-order valence-electron chi connectivity index (χ4n) is 2.73. The van der Waals surface area contributed by atoms with Gasteiger partial charge in [0, 0.05) is 31.4 Å². The van der Waals surface area contributed by atoms with Crippen molar-refractivity contribution in [1.29, 1.82) is 0 Å². The molecule has 2 aromatic rings. The van der Waals surface area contributed by atoms with E-state index in [1.54, 1.807) is 18.2 Å². The first-order valence-electron chi connectivity index (χ1n) is 7.89. The van der Waals surface area contributed by atoms with Crippen molar-refractivity contribution in [1.82, 2.24) is 14.3 Å². The maximum absolute atomic E-state index is 12.6. The topological polar surface area (TPSA) is 118 Å². The first-order chi connectivity index (χ1) is 12.0. The molecule has 1 aliphatic rings. The molecule has 2 aromatic heterocycles. The summed E-state index contributed by atoms with van der Waals surface area (Å²) >= 11 is 0. The Morgan fingerprint density at radius 3 is 2.56 bits per heavy atom. The second-order valence-electron chi connectivity index (χ2n) is 5.83. The van der Waals surface area contributed by atoms with Gasteiger partial charge in [-0.15, -0.1) is 0 Å². The van der Waals surface area contributed by atoms with Gasteiger partial charge in [-0.1, -0.05) is 0 Å². The lowest BCUT2D eigenvalue weighted by molar-refractivity contribution is -0.120. The van der Waals surface area contributed by atoms with Gasteiger partial charge in [0.1, 0.15) is 10.7 Å². The molecule has 0 saturated carbocycles. The summed E-state index contributed by atoms with van der Waals surface area (Å²) in [6.45, 7) is 0.602. The molecule has 3 N–H and O–H groups in total. The fraction of sp³-hybridized carbons (Fsp3) is 0.312. The van der Waals surface area contributed by atoms with Gasteiger partial charge < -0.3 is 11.1 Å². The number of amides is 1. The number of sulfonamides is 1. The van der Waals surface area contributed by atoms with Crippen LogP contribution >= 0.6 is 0 Å². The van der Waals surface area contributed by atoms with Crippen LogP contribution in [0.2, 0.25) is 0 Å². The van der Waals surface area contributed by atoms with E-state index in [1.165, 1.54) is 29.0 Å². The van der Waals surface area contributed by atoms with Crippen molar-refractivity contribution in [2.45, 2.75) is 17.7 Å². The first-order valence-corrected chi connectivity index (χ1v) is 9.33. The van der Waals surface area contributed by atoms with E-state index < -0.39 is 10.0 Å². The maximum Gasteiger partial charge on any atom is 0.244 e. The molecule has 0 aromatic carbocycles. The van der Waals surface area contributed by atoms with Gasteiger partial charge in [-0.3, -0.25) is 9.78 Å². The van der Waals surface area contributed by atoms with Crippen molar-refractivity contribution in [3.8, 4) is 0 Å². The highest BCUT2D eigenvalue weighted by atomic mass is 32.2. The van der Waals surface area contributed by atoms with Gasteiger partial charge in [0.25, 0.3) is 0 Å². The molecule has 1 saturated heterocycles. The molecule has 0 spiro atoms. The minimum atomic E-state index is -3.56. The molecule has 1 amide bonds. The molecule has 9 heteroatoms. The van der Waals surface area contributed by atoms with Crippen molar-refractivity contribution in [3.05, 3.63) is 42.9 Å². The summed E-state index contributed by atoms with van der Waals surface area (Å²) < 4.78 is 26.5. The smallest absolute Gasteiger partial charge is 0.244 e. The standard InChI is InChI=1S/C16H19N5O3S/c17-15-4-3-13(10-19-15)20-16(22)12-5-8-21(9-6-12)25(23,24)14-2-1-7-18-11-14/h1-4,7,10-12H,5-6,8-9H2,(H2,17,19)(H,20,22). The molecule has 25 heavy (non-hydrogen) atoms. The van der Waals surface area contributed by atoms with Crippen LogP contribution in [0.4, 0.5) is 11.5 Å². The third-order valence-corrected chi connectivity index (χ3v) is 6.03. The van der Waals surface area contributed by atoms with E-state index in [-0.39, 0.29) is 16.7 Å². The quantitative estimate of drug-likeness (QED) is 0.842. The molecule has 3 rings (SSSR count). The van der Waals surface area contributed by atoms with Gasteiger partial charge in [0.2, 0.25) is 15.9 Å². The first kappa shape index (κ1) is 17.3. The van der Waals surface area contributed by atoms with Gasteiger partial charge >= 0.3 is 0 Å². The highest BCUT2D eigenvalue weighted by molar-refractivity contribution is 7.89.